The van der Waals surface area contributed by atoms with E-state index in [1.807, 2.05) is 12.1 Å². The van der Waals surface area contributed by atoms with E-state index in [0.717, 1.165) is 0 Å². The van der Waals surface area contributed by atoms with Gasteiger partial charge in [-0.25, -0.2) is 4.39 Å². The molecule has 0 aliphatic rings. The van der Waals surface area contributed by atoms with Crippen molar-refractivity contribution in [2.75, 3.05) is 6.17 Å². The number of halogens is 2. The Morgan fingerprint density at radius 1 is 1.23 bits per heavy atom. The number of hydrogen-bond donors (Lipinski definition) is 1. The highest BCUT2D eigenvalue weighted by molar-refractivity contribution is 6.89. The smallest absolute Gasteiger partial charge is 0.123 e. The molecule has 13 heavy (non-hydrogen) atoms. The van der Waals surface area contributed by atoms with E-state index in [1.165, 1.54) is 17.3 Å². The van der Waals surface area contributed by atoms with Crippen LogP contribution < -0.4 is 10.9 Å². The van der Waals surface area contributed by atoms with Crippen LogP contribution in [0.3, 0.4) is 0 Å². The fraction of sp³-hybridized carbons (Fsp3) is 0.333. The lowest BCUT2D eigenvalue weighted by Crippen LogP contribution is -2.48. The van der Waals surface area contributed by atoms with Crippen LogP contribution in [-0.4, -0.2) is 14.2 Å². The van der Waals surface area contributed by atoms with Gasteiger partial charge in [0.2, 0.25) is 0 Å². The zero-order valence-corrected chi connectivity index (χ0v) is 9.70. The van der Waals surface area contributed by atoms with Gasteiger partial charge in [0.25, 0.3) is 0 Å². The average molecular weight is 220 g/mol. The van der Waals surface area contributed by atoms with Crippen LogP contribution in [0.2, 0.25) is 13.1 Å². The topological polar surface area (TPSA) is 26.0 Å². The molecular formula is C9H15ClFNSi. The van der Waals surface area contributed by atoms with Gasteiger partial charge in [-0.2, -0.15) is 0 Å². The Hall–Kier alpha value is -0.383. The lowest BCUT2D eigenvalue weighted by molar-refractivity contribution is 0.628. The van der Waals surface area contributed by atoms with Crippen molar-refractivity contribution >= 4 is 25.7 Å². The second-order valence-corrected chi connectivity index (χ2v) is 8.35. The van der Waals surface area contributed by atoms with Crippen LogP contribution in [0.25, 0.3) is 0 Å². The molecule has 0 saturated carbocycles. The Kier molecular flexibility index (Phi) is 4.60. The second kappa shape index (κ2) is 4.74. The first-order chi connectivity index (χ1) is 5.56. The maximum absolute atomic E-state index is 12.6. The molecule has 0 aliphatic carbocycles. The number of rotatable bonds is 2. The minimum absolute atomic E-state index is 0. The third-order valence-corrected chi connectivity index (χ3v) is 5.05. The Morgan fingerprint density at radius 2 is 1.69 bits per heavy atom. The fourth-order valence-corrected chi connectivity index (χ4v) is 2.32. The van der Waals surface area contributed by atoms with E-state index < -0.39 is 8.07 Å². The monoisotopic (exact) mass is 219 g/mol. The zero-order chi connectivity index (χ0) is 9.19. The lowest BCUT2D eigenvalue weighted by Gasteiger charge is -2.19. The summed E-state index contributed by atoms with van der Waals surface area (Å²) in [5.41, 5.74) is 5.64. The summed E-state index contributed by atoms with van der Waals surface area (Å²) in [5, 5.41) is 1.21. The van der Waals surface area contributed by atoms with E-state index in [2.05, 4.69) is 13.1 Å². The van der Waals surface area contributed by atoms with Crippen LogP contribution in [0.4, 0.5) is 4.39 Å². The highest BCUT2D eigenvalue weighted by Gasteiger charge is 2.20. The molecule has 0 amide bonds. The van der Waals surface area contributed by atoms with Gasteiger partial charge in [0.15, 0.2) is 0 Å². The summed E-state index contributed by atoms with van der Waals surface area (Å²) >= 11 is 0. The van der Waals surface area contributed by atoms with Gasteiger partial charge in [0, 0.05) is 0 Å². The molecule has 0 aliphatic heterocycles. The summed E-state index contributed by atoms with van der Waals surface area (Å²) in [6.07, 6.45) is 0.707. The van der Waals surface area contributed by atoms with Crippen molar-refractivity contribution in [2.24, 2.45) is 5.73 Å². The van der Waals surface area contributed by atoms with Gasteiger partial charge in [-0.1, -0.05) is 30.4 Å². The SMILES string of the molecule is C[Si](C)(CN)c1ccc(F)cc1.Cl. The molecule has 1 rings (SSSR count). The van der Waals surface area contributed by atoms with Gasteiger partial charge < -0.3 is 5.73 Å². The second-order valence-electron chi connectivity index (χ2n) is 3.59. The van der Waals surface area contributed by atoms with Gasteiger partial charge in [-0.15, -0.1) is 12.4 Å². The molecule has 74 valence electrons. The molecule has 1 aromatic rings. The molecule has 0 heterocycles. The molecule has 1 aromatic carbocycles. The van der Waals surface area contributed by atoms with Gasteiger partial charge in [0.1, 0.15) is 5.82 Å². The van der Waals surface area contributed by atoms with E-state index in [1.54, 1.807) is 0 Å². The van der Waals surface area contributed by atoms with Crippen molar-refractivity contribution in [3.8, 4) is 0 Å². The molecule has 0 unspecified atom stereocenters. The highest BCUT2D eigenvalue weighted by Crippen LogP contribution is 2.02. The zero-order valence-electron chi connectivity index (χ0n) is 7.88. The van der Waals surface area contributed by atoms with Crippen molar-refractivity contribution in [3.63, 3.8) is 0 Å². The van der Waals surface area contributed by atoms with E-state index in [0.29, 0.717) is 6.17 Å². The van der Waals surface area contributed by atoms with Gasteiger partial charge in [-0.05, 0) is 18.3 Å². The largest absolute Gasteiger partial charge is 0.333 e. The molecule has 0 radical (unpaired) electrons. The Labute approximate surface area is 85.6 Å². The maximum Gasteiger partial charge on any atom is 0.123 e. The first-order valence-electron chi connectivity index (χ1n) is 4.02. The van der Waals surface area contributed by atoms with Crippen LogP contribution >= 0.6 is 12.4 Å². The summed E-state index contributed by atoms with van der Waals surface area (Å²) < 4.78 is 12.6. The highest BCUT2D eigenvalue weighted by atomic mass is 35.5. The maximum atomic E-state index is 12.6. The molecule has 2 N–H and O–H groups in total. The first-order valence-corrected chi connectivity index (χ1v) is 7.23. The molecule has 0 atom stereocenters. The van der Waals surface area contributed by atoms with Crippen LogP contribution in [0, 0.1) is 5.82 Å². The lowest BCUT2D eigenvalue weighted by atomic mass is 10.3. The third-order valence-electron chi connectivity index (χ3n) is 2.14. The molecule has 0 spiro atoms. The molecule has 0 bridgehead atoms. The molecular weight excluding hydrogens is 205 g/mol. The Morgan fingerprint density at radius 3 is 2.08 bits per heavy atom. The Balaban J connectivity index is 0.00000144. The van der Waals surface area contributed by atoms with E-state index >= 15 is 0 Å². The minimum Gasteiger partial charge on any atom is -0.333 e. The summed E-state index contributed by atoms with van der Waals surface area (Å²) in [4.78, 5) is 0. The summed E-state index contributed by atoms with van der Waals surface area (Å²) in [6, 6.07) is 6.68. The molecule has 4 heteroatoms. The molecule has 0 saturated heterocycles. The summed E-state index contributed by atoms with van der Waals surface area (Å²) in [5.74, 6) is -0.180. The summed E-state index contributed by atoms with van der Waals surface area (Å²) in [7, 11) is -1.47. The molecule has 0 aromatic heterocycles. The van der Waals surface area contributed by atoms with Gasteiger partial charge in [-0.3, -0.25) is 0 Å². The quantitative estimate of drug-likeness (QED) is 0.753. The molecule has 0 fully saturated rings. The van der Waals surface area contributed by atoms with Crippen LogP contribution in [-0.2, 0) is 0 Å². The third kappa shape index (κ3) is 3.10. The van der Waals surface area contributed by atoms with E-state index in [-0.39, 0.29) is 18.2 Å². The Bertz CT molecular complexity index is 261. The van der Waals surface area contributed by atoms with Crippen molar-refractivity contribution < 1.29 is 4.39 Å². The number of benzene rings is 1. The van der Waals surface area contributed by atoms with E-state index in [9.17, 15) is 4.39 Å². The normalized spacial score (nSPS) is 10.8. The predicted molar refractivity (Wildman–Crippen MR) is 59.8 cm³/mol. The van der Waals surface area contributed by atoms with Crippen molar-refractivity contribution in [1.82, 2.24) is 0 Å². The van der Waals surface area contributed by atoms with Gasteiger partial charge in [0.05, 0.1) is 8.07 Å². The van der Waals surface area contributed by atoms with Crippen molar-refractivity contribution in [2.45, 2.75) is 13.1 Å². The van der Waals surface area contributed by atoms with Crippen LogP contribution in [0.15, 0.2) is 24.3 Å². The predicted octanol–water partition coefficient (Wildman–Crippen LogP) is 1.66. The number of nitrogens with two attached hydrogens (primary N) is 1. The van der Waals surface area contributed by atoms with Crippen molar-refractivity contribution in [3.05, 3.63) is 30.1 Å². The average Bonchev–Trinajstić information content (AvgIpc) is 2.05. The molecule has 1 nitrogen and oxygen atoms in total. The number of hydrogen-bond acceptors (Lipinski definition) is 1. The van der Waals surface area contributed by atoms with Gasteiger partial charge >= 0.3 is 0 Å². The van der Waals surface area contributed by atoms with Crippen LogP contribution in [0.1, 0.15) is 0 Å². The van der Waals surface area contributed by atoms with Crippen LogP contribution in [0.5, 0.6) is 0 Å². The minimum atomic E-state index is -1.47. The van der Waals surface area contributed by atoms with Crippen molar-refractivity contribution in [1.29, 1.82) is 0 Å². The first kappa shape index (κ1) is 12.6. The fourth-order valence-electron chi connectivity index (χ4n) is 1.02. The standard InChI is InChI=1S/C9H14FNSi.ClH/c1-12(2,7-11)9-5-3-8(10)4-6-9;/h3-6H,7,11H2,1-2H3;1H. The summed E-state index contributed by atoms with van der Waals surface area (Å²) in [6.45, 7) is 4.36. The van der Waals surface area contributed by atoms with E-state index in [4.69, 9.17) is 5.73 Å².